The molecule has 0 amide bonds. The summed E-state index contributed by atoms with van der Waals surface area (Å²) in [5.41, 5.74) is 3.23. The molecule has 0 aromatic carbocycles. The van der Waals surface area contributed by atoms with E-state index >= 15 is 0 Å². The third-order valence-electron chi connectivity index (χ3n) is 2.43. The third kappa shape index (κ3) is 1.59. The van der Waals surface area contributed by atoms with Gasteiger partial charge in [-0.1, -0.05) is 6.08 Å². The first kappa shape index (κ1) is 10.0. The summed E-state index contributed by atoms with van der Waals surface area (Å²) < 4.78 is 2.27. The smallest absolute Gasteiger partial charge is 0.252 e. The van der Waals surface area contributed by atoms with Crippen molar-refractivity contribution in [3.8, 4) is 0 Å². The highest BCUT2D eigenvalue weighted by Gasteiger charge is 2.08. The van der Waals surface area contributed by atoms with Crippen LogP contribution in [-0.2, 0) is 6.42 Å². The number of H-pyrrole nitrogens is 1. The summed E-state index contributed by atoms with van der Waals surface area (Å²) >= 11 is 4.98. The van der Waals surface area contributed by atoms with E-state index in [-0.39, 0.29) is 0 Å². The third-order valence-corrected chi connectivity index (χ3v) is 2.62. The van der Waals surface area contributed by atoms with Crippen LogP contribution in [0.2, 0.25) is 0 Å². The van der Waals surface area contributed by atoms with E-state index in [1.165, 1.54) is 5.56 Å². The molecule has 0 aliphatic carbocycles. The average molecular weight is 220 g/mol. The quantitative estimate of drug-likeness (QED) is 0.623. The summed E-state index contributed by atoms with van der Waals surface area (Å²) in [7, 11) is 0. The van der Waals surface area contributed by atoms with Crippen LogP contribution in [-0.4, -0.2) is 19.6 Å². The van der Waals surface area contributed by atoms with Crippen LogP contribution in [0.3, 0.4) is 0 Å². The van der Waals surface area contributed by atoms with Gasteiger partial charge in [0.1, 0.15) is 0 Å². The summed E-state index contributed by atoms with van der Waals surface area (Å²) in [5, 5.41) is 2.98. The van der Waals surface area contributed by atoms with Crippen molar-refractivity contribution in [2.24, 2.45) is 0 Å². The minimum absolute atomic E-state index is 0.459. The normalized spacial score (nSPS) is 10.8. The fourth-order valence-corrected chi connectivity index (χ4v) is 1.85. The number of nitrogens with one attached hydrogen (secondary N) is 1. The van der Waals surface area contributed by atoms with E-state index in [0.29, 0.717) is 10.5 Å². The number of nitrogens with zero attached hydrogens (tertiary/aromatic N) is 3. The molecule has 0 radical (unpaired) electrons. The van der Waals surface area contributed by atoms with Crippen LogP contribution >= 0.6 is 12.2 Å². The summed E-state index contributed by atoms with van der Waals surface area (Å²) in [6.45, 7) is 7.74. The van der Waals surface area contributed by atoms with E-state index in [4.69, 9.17) is 12.2 Å². The molecule has 0 atom stereocenters. The zero-order chi connectivity index (χ0) is 11.0. The zero-order valence-corrected chi connectivity index (χ0v) is 9.56. The molecule has 2 rings (SSSR count). The van der Waals surface area contributed by atoms with Gasteiger partial charge in [-0.05, 0) is 38.0 Å². The lowest BCUT2D eigenvalue weighted by Crippen LogP contribution is -2.04. The molecule has 0 saturated heterocycles. The molecule has 15 heavy (non-hydrogen) atoms. The van der Waals surface area contributed by atoms with Gasteiger partial charge in [-0.25, -0.2) is 9.50 Å². The Morgan fingerprint density at radius 3 is 2.87 bits per heavy atom. The first-order valence-corrected chi connectivity index (χ1v) is 5.10. The maximum absolute atomic E-state index is 4.98. The van der Waals surface area contributed by atoms with Crippen molar-refractivity contribution in [2.45, 2.75) is 20.3 Å². The summed E-state index contributed by atoms with van der Waals surface area (Å²) in [6.07, 6.45) is 2.67. The molecule has 78 valence electrons. The summed E-state index contributed by atoms with van der Waals surface area (Å²) in [5.74, 6) is 0.628. The number of allylic oxidation sites excluding steroid dienone is 1. The molecule has 2 aromatic heterocycles. The van der Waals surface area contributed by atoms with Crippen molar-refractivity contribution in [1.82, 2.24) is 19.6 Å². The van der Waals surface area contributed by atoms with Crippen LogP contribution in [0, 0.1) is 18.6 Å². The first-order valence-electron chi connectivity index (χ1n) is 4.69. The van der Waals surface area contributed by atoms with Crippen molar-refractivity contribution in [1.29, 1.82) is 0 Å². The van der Waals surface area contributed by atoms with Gasteiger partial charge in [-0.15, -0.1) is 6.58 Å². The van der Waals surface area contributed by atoms with Gasteiger partial charge in [-0.3, -0.25) is 5.10 Å². The van der Waals surface area contributed by atoms with E-state index in [2.05, 4.69) is 21.6 Å². The number of aryl methyl sites for hydroxylation is 2. The van der Waals surface area contributed by atoms with E-state index in [1.807, 2.05) is 24.4 Å². The first-order chi connectivity index (χ1) is 7.13. The Morgan fingerprint density at radius 1 is 1.47 bits per heavy atom. The number of aromatic amines is 1. The van der Waals surface area contributed by atoms with Gasteiger partial charge in [0.2, 0.25) is 4.77 Å². The van der Waals surface area contributed by atoms with Gasteiger partial charge in [0, 0.05) is 11.4 Å². The lowest BCUT2D eigenvalue weighted by molar-refractivity contribution is 0.855. The molecule has 0 aliphatic rings. The number of aromatic nitrogens is 4. The monoisotopic (exact) mass is 220 g/mol. The second kappa shape index (κ2) is 3.58. The van der Waals surface area contributed by atoms with Gasteiger partial charge < -0.3 is 0 Å². The average Bonchev–Trinajstić information content (AvgIpc) is 2.53. The Kier molecular flexibility index (Phi) is 2.40. The molecule has 0 bridgehead atoms. The summed E-state index contributed by atoms with van der Waals surface area (Å²) in [6, 6.07) is 0. The Morgan fingerprint density at radius 2 is 2.20 bits per heavy atom. The Balaban J connectivity index is 2.82. The van der Waals surface area contributed by atoms with Gasteiger partial charge in [0.25, 0.3) is 5.78 Å². The van der Waals surface area contributed by atoms with Crippen LogP contribution < -0.4 is 0 Å². The van der Waals surface area contributed by atoms with Gasteiger partial charge in [-0.2, -0.15) is 4.98 Å². The molecular formula is C10H12N4S. The molecule has 2 aromatic rings. The van der Waals surface area contributed by atoms with E-state index in [9.17, 15) is 0 Å². The van der Waals surface area contributed by atoms with Crippen molar-refractivity contribution < 1.29 is 0 Å². The molecule has 0 fully saturated rings. The number of rotatable bonds is 2. The molecule has 0 spiro atoms. The number of fused-ring (bicyclic) bond motifs is 1. The van der Waals surface area contributed by atoms with Crippen molar-refractivity contribution >= 4 is 18.0 Å². The van der Waals surface area contributed by atoms with E-state index in [1.54, 1.807) is 0 Å². The van der Waals surface area contributed by atoms with Crippen LogP contribution in [0.4, 0.5) is 0 Å². The highest BCUT2D eigenvalue weighted by atomic mass is 32.1. The predicted octanol–water partition coefficient (Wildman–Crippen LogP) is 2.13. The van der Waals surface area contributed by atoms with Crippen LogP contribution in [0.1, 0.15) is 17.0 Å². The lowest BCUT2D eigenvalue weighted by atomic mass is 10.1. The fraction of sp³-hybridized carbons (Fsp3) is 0.300. The molecule has 0 saturated carbocycles. The predicted molar refractivity (Wildman–Crippen MR) is 61.5 cm³/mol. The zero-order valence-electron chi connectivity index (χ0n) is 8.74. The Hall–Kier alpha value is -1.49. The maximum atomic E-state index is 4.98. The maximum Gasteiger partial charge on any atom is 0.252 e. The molecule has 0 unspecified atom stereocenters. The Labute approximate surface area is 92.7 Å². The van der Waals surface area contributed by atoms with E-state index < -0.39 is 0 Å². The largest absolute Gasteiger partial charge is 0.265 e. The van der Waals surface area contributed by atoms with Crippen molar-refractivity contribution in [3.05, 3.63) is 34.4 Å². The highest BCUT2D eigenvalue weighted by molar-refractivity contribution is 7.71. The van der Waals surface area contributed by atoms with Crippen molar-refractivity contribution in [3.63, 3.8) is 0 Å². The van der Waals surface area contributed by atoms with Gasteiger partial charge >= 0.3 is 0 Å². The Bertz CT molecular complexity index is 579. The number of hydrogen-bond donors (Lipinski definition) is 1. The SMILES string of the molecule is C=CCc1c(C)nc2nc(=S)[nH]n2c1C. The second-order valence-electron chi connectivity index (χ2n) is 3.42. The molecular weight excluding hydrogens is 208 g/mol. The summed E-state index contributed by atoms with van der Waals surface area (Å²) in [4.78, 5) is 8.50. The molecule has 4 nitrogen and oxygen atoms in total. The minimum atomic E-state index is 0.459. The highest BCUT2D eigenvalue weighted by Crippen LogP contribution is 2.13. The number of hydrogen-bond acceptors (Lipinski definition) is 3. The lowest BCUT2D eigenvalue weighted by Gasteiger charge is -2.08. The van der Waals surface area contributed by atoms with Gasteiger partial charge in [0.15, 0.2) is 0 Å². The molecule has 1 N–H and O–H groups in total. The van der Waals surface area contributed by atoms with Crippen LogP contribution in [0.5, 0.6) is 0 Å². The van der Waals surface area contributed by atoms with Crippen molar-refractivity contribution in [2.75, 3.05) is 0 Å². The fourth-order valence-electron chi connectivity index (χ4n) is 1.67. The molecule has 5 heteroatoms. The van der Waals surface area contributed by atoms with Crippen LogP contribution in [0.25, 0.3) is 5.78 Å². The van der Waals surface area contributed by atoms with Gasteiger partial charge in [0.05, 0.1) is 0 Å². The van der Waals surface area contributed by atoms with Crippen LogP contribution in [0.15, 0.2) is 12.7 Å². The van der Waals surface area contributed by atoms with E-state index in [0.717, 1.165) is 17.8 Å². The topological polar surface area (TPSA) is 46.0 Å². The standard InChI is InChI=1S/C10H12N4S/c1-4-5-8-6(2)11-9-12-10(15)13-14(9)7(8)3/h4H,1,5H2,2-3H3,(H,13,15). The molecule has 0 aliphatic heterocycles. The minimum Gasteiger partial charge on any atom is -0.265 e. The molecule has 2 heterocycles. The second-order valence-corrected chi connectivity index (χ2v) is 3.80.